The third-order valence-corrected chi connectivity index (χ3v) is 6.31. The normalized spacial score (nSPS) is 23.7. The molecule has 2 rings (SSSR count). The van der Waals surface area contributed by atoms with E-state index in [0.29, 0.717) is 5.25 Å². The smallest absolute Gasteiger partial charge is 0.242 e. The molecule has 0 aliphatic heterocycles. The van der Waals surface area contributed by atoms with Crippen molar-refractivity contribution in [2.45, 2.75) is 41.9 Å². The molecule has 3 N–H and O–H groups in total. The van der Waals surface area contributed by atoms with Gasteiger partial charge < -0.3 is 5.73 Å². The fourth-order valence-corrected chi connectivity index (χ4v) is 4.63. The minimum Gasteiger partial charge on any atom is -0.398 e. The molecule has 1 aromatic rings. The minimum atomic E-state index is -3.76. The predicted molar refractivity (Wildman–Crippen MR) is 80.7 cm³/mol. The Morgan fingerprint density at radius 1 is 1.30 bits per heavy atom. The Kier molecular flexibility index (Phi) is 4.93. The molecule has 0 saturated heterocycles. The summed E-state index contributed by atoms with van der Waals surface area (Å²) in [5.41, 5.74) is 5.70. The fourth-order valence-electron chi connectivity index (χ4n) is 2.44. The lowest BCUT2D eigenvalue weighted by molar-refractivity contribution is 0.420. The van der Waals surface area contributed by atoms with Crippen LogP contribution in [0.3, 0.4) is 0 Å². The molecule has 1 fully saturated rings. The van der Waals surface area contributed by atoms with Crippen molar-refractivity contribution in [2.75, 3.05) is 12.0 Å². The minimum absolute atomic E-state index is 0.0664. The summed E-state index contributed by atoms with van der Waals surface area (Å²) in [6.45, 7) is 0. The van der Waals surface area contributed by atoms with Crippen LogP contribution in [0, 0.1) is 5.82 Å². The molecule has 0 spiro atoms. The van der Waals surface area contributed by atoms with Crippen molar-refractivity contribution in [1.29, 1.82) is 0 Å². The SMILES string of the molecule is CSC1CCC(NS(=O)(=O)c2cc(F)ccc2N)CC1. The molecule has 4 nitrogen and oxygen atoms in total. The number of hydrogen-bond acceptors (Lipinski definition) is 4. The molecule has 20 heavy (non-hydrogen) atoms. The number of rotatable bonds is 4. The van der Waals surface area contributed by atoms with Crippen molar-refractivity contribution in [3.63, 3.8) is 0 Å². The molecule has 1 aromatic carbocycles. The molecule has 0 bridgehead atoms. The van der Waals surface area contributed by atoms with E-state index in [9.17, 15) is 12.8 Å². The first-order valence-electron chi connectivity index (χ1n) is 6.52. The predicted octanol–water partition coefficient (Wildman–Crippen LogP) is 2.36. The monoisotopic (exact) mass is 318 g/mol. The average molecular weight is 318 g/mol. The van der Waals surface area contributed by atoms with Crippen LogP contribution >= 0.6 is 11.8 Å². The molecule has 1 aliphatic carbocycles. The largest absolute Gasteiger partial charge is 0.398 e. The number of thioether (sulfide) groups is 1. The van der Waals surface area contributed by atoms with Gasteiger partial charge in [0.1, 0.15) is 10.7 Å². The lowest BCUT2D eigenvalue weighted by Gasteiger charge is -2.28. The number of anilines is 1. The van der Waals surface area contributed by atoms with Gasteiger partial charge in [-0.15, -0.1) is 0 Å². The second-order valence-corrected chi connectivity index (χ2v) is 7.83. The Labute approximate surface area is 123 Å². The average Bonchev–Trinajstić information content (AvgIpc) is 2.42. The van der Waals surface area contributed by atoms with E-state index in [1.54, 1.807) is 0 Å². The molecule has 0 atom stereocenters. The van der Waals surface area contributed by atoms with E-state index < -0.39 is 15.8 Å². The number of nitrogen functional groups attached to an aromatic ring is 1. The Hall–Kier alpha value is -0.790. The maximum Gasteiger partial charge on any atom is 0.242 e. The van der Waals surface area contributed by atoms with Gasteiger partial charge in [-0.2, -0.15) is 11.8 Å². The van der Waals surface area contributed by atoms with Crippen LogP contribution < -0.4 is 10.5 Å². The highest BCUT2D eigenvalue weighted by molar-refractivity contribution is 7.99. The van der Waals surface area contributed by atoms with Gasteiger partial charge >= 0.3 is 0 Å². The third kappa shape index (κ3) is 3.65. The Bertz CT molecular complexity index is 570. The first-order valence-corrected chi connectivity index (χ1v) is 9.29. The zero-order chi connectivity index (χ0) is 14.8. The van der Waals surface area contributed by atoms with Gasteiger partial charge in [-0.25, -0.2) is 17.5 Å². The highest BCUT2D eigenvalue weighted by atomic mass is 32.2. The van der Waals surface area contributed by atoms with E-state index in [1.165, 1.54) is 6.07 Å². The molecule has 0 amide bonds. The maximum absolute atomic E-state index is 13.2. The van der Waals surface area contributed by atoms with Gasteiger partial charge in [-0.1, -0.05) is 0 Å². The molecule has 7 heteroatoms. The second kappa shape index (κ2) is 6.32. The first-order chi connectivity index (χ1) is 9.42. The van der Waals surface area contributed by atoms with Crippen molar-refractivity contribution < 1.29 is 12.8 Å². The molecular weight excluding hydrogens is 299 g/mol. The van der Waals surface area contributed by atoms with Crippen LogP contribution in [-0.4, -0.2) is 26.0 Å². The van der Waals surface area contributed by atoms with Crippen molar-refractivity contribution in [3.05, 3.63) is 24.0 Å². The zero-order valence-electron chi connectivity index (χ0n) is 11.3. The van der Waals surface area contributed by atoms with Crippen LogP contribution in [0.5, 0.6) is 0 Å². The molecule has 0 unspecified atom stereocenters. The topological polar surface area (TPSA) is 72.2 Å². The number of hydrogen-bond donors (Lipinski definition) is 2. The number of halogens is 1. The van der Waals surface area contributed by atoms with Crippen molar-refractivity contribution in [2.24, 2.45) is 0 Å². The second-order valence-electron chi connectivity index (χ2n) is 5.01. The van der Waals surface area contributed by atoms with Crippen LogP contribution in [0.2, 0.25) is 0 Å². The van der Waals surface area contributed by atoms with Crippen LogP contribution in [-0.2, 0) is 10.0 Å². The van der Waals surface area contributed by atoms with Crippen LogP contribution in [0.15, 0.2) is 23.1 Å². The van der Waals surface area contributed by atoms with Crippen LogP contribution in [0.25, 0.3) is 0 Å². The van der Waals surface area contributed by atoms with Gasteiger partial charge in [-0.05, 0) is 50.1 Å². The van der Waals surface area contributed by atoms with Crippen molar-refractivity contribution in [1.82, 2.24) is 4.72 Å². The number of nitrogens with two attached hydrogens (primary N) is 1. The molecule has 1 aliphatic rings. The Morgan fingerprint density at radius 3 is 2.55 bits per heavy atom. The molecule has 0 aromatic heterocycles. The third-order valence-electron chi connectivity index (χ3n) is 3.59. The summed E-state index contributed by atoms with van der Waals surface area (Å²) in [5.74, 6) is -0.606. The van der Waals surface area contributed by atoms with Crippen molar-refractivity contribution >= 4 is 27.5 Å². The lowest BCUT2D eigenvalue weighted by atomic mass is 9.96. The van der Waals surface area contributed by atoms with Crippen molar-refractivity contribution in [3.8, 4) is 0 Å². The van der Waals surface area contributed by atoms with E-state index in [1.807, 2.05) is 11.8 Å². The van der Waals surface area contributed by atoms with Gasteiger partial charge in [0, 0.05) is 11.3 Å². The maximum atomic E-state index is 13.2. The quantitative estimate of drug-likeness (QED) is 0.836. The summed E-state index contributed by atoms with van der Waals surface area (Å²) in [4.78, 5) is -0.176. The van der Waals surface area contributed by atoms with E-state index in [2.05, 4.69) is 11.0 Å². The molecular formula is C13H19FN2O2S2. The van der Waals surface area contributed by atoms with E-state index in [-0.39, 0.29) is 16.6 Å². The van der Waals surface area contributed by atoms with Gasteiger partial charge in [-0.3, -0.25) is 0 Å². The summed E-state index contributed by atoms with van der Waals surface area (Å²) in [6, 6.07) is 3.30. The number of nitrogens with one attached hydrogen (secondary N) is 1. The number of sulfonamides is 1. The van der Waals surface area contributed by atoms with E-state index >= 15 is 0 Å². The van der Waals surface area contributed by atoms with Gasteiger partial charge in [0.2, 0.25) is 10.0 Å². The summed E-state index contributed by atoms with van der Waals surface area (Å²) >= 11 is 1.82. The summed E-state index contributed by atoms with van der Waals surface area (Å²) < 4.78 is 40.4. The highest BCUT2D eigenvalue weighted by Crippen LogP contribution is 2.28. The summed E-state index contributed by atoms with van der Waals surface area (Å²) in [6.07, 6.45) is 5.67. The van der Waals surface area contributed by atoms with E-state index in [0.717, 1.165) is 37.8 Å². The van der Waals surface area contributed by atoms with Crippen LogP contribution in [0.4, 0.5) is 10.1 Å². The lowest BCUT2D eigenvalue weighted by Crippen LogP contribution is -2.38. The molecule has 1 saturated carbocycles. The van der Waals surface area contributed by atoms with Gasteiger partial charge in [0.05, 0.1) is 5.69 Å². The Balaban J connectivity index is 2.10. The molecule has 0 heterocycles. The van der Waals surface area contributed by atoms with E-state index in [4.69, 9.17) is 5.73 Å². The number of benzene rings is 1. The Morgan fingerprint density at radius 2 is 1.95 bits per heavy atom. The van der Waals surface area contributed by atoms with Crippen LogP contribution in [0.1, 0.15) is 25.7 Å². The highest BCUT2D eigenvalue weighted by Gasteiger charge is 2.26. The molecule has 0 radical (unpaired) electrons. The summed E-state index contributed by atoms with van der Waals surface area (Å²) in [7, 11) is -3.76. The fraction of sp³-hybridized carbons (Fsp3) is 0.538. The first kappa shape index (κ1) is 15.6. The van der Waals surface area contributed by atoms with Gasteiger partial charge in [0.15, 0.2) is 0 Å². The zero-order valence-corrected chi connectivity index (χ0v) is 12.9. The van der Waals surface area contributed by atoms with Gasteiger partial charge in [0.25, 0.3) is 0 Å². The standard InChI is InChI=1S/C13H19FN2O2S2/c1-19-11-5-3-10(4-6-11)16-20(17,18)13-8-9(14)2-7-12(13)15/h2,7-8,10-11,16H,3-6,15H2,1H3. The summed E-state index contributed by atoms with van der Waals surface area (Å²) in [5, 5.41) is 0.606. The molecule has 112 valence electrons.